The quantitative estimate of drug-likeness (QED) is 0.0222. The fourth-order valence-electron chi connectivity index (χ4n) is 11.9. The molecule has 2 unspecified atom stereocenters. The second-order valence-corrected chi connectivity index (χ2v) is 31.1. The number of carbonyl (C=O) groups is 4. The number of aliphatic hydroxyl groups is 1. The van der Waals surface area contributed by atoms with E-state index < -0.39 is 97.5 Å². The van der Waals surface area contributed by atoms with Crippen LogP contribution in [0.15, 0.2) is 0 Å². The maximum atomic E-state index is 13.1. The molecule has 0 aromatic rings. The number of rotatable bonds is 77. The van der Waals surface area contributed by atoms with Crippen LogP contribution in [0.5, 0.6) is 0 Å². The van der Waals surface area contributed by atoms with Gasteiger partial charge in [-0.2, -0.15) is 0 Å². The Labute approximate surface area is 588 Å². The first-order valence-electron chi connectivity index (χ1n) is 40.1. The van der Waals surface area contributed by atoms with Gasteiger partial charge >= 0.3 is 39.5 Å². The fourth-order valence-corrected chi connectivity index (χ4v) is 13.5. The molecule has 96 heavy (non-hydrogen) atoms. The number of aliphatic hydroxyl groups excluding tert-OH is 1. The van der Waals surface area contributed by atoms with Crippen molar-refractivity contribution in [2.75, 3.05) is 39.6 Å². The summed E-state index contributed by atoms with van der Waals surface area (Å²) in [7, 11) is -9.91. The van der Waals surface area contributed by atoms with Crippen molar-refractivity contribution in [3.8, 4) is 0 Å². The molecule has 0 aliphatic heterocycles. The van der Waals surface area contributed by atoms with E-state index in [1.807, 2.05) is 0 Å². The molecular formula is C77H150O17P2. The Hall–Kier alpha value is -1.94. The second kappa shape index (κ2) is 70.1. The van der Waals surface area contributed by atoms with E-state index in [4.69, 9.17) is 37.0 Å². The second-order valence-electron chi connectivity index (χ2n) is 28.2. The molecule has 0 rings (SSSR count). The van der Waals surface area contributed by atoms with Crippen molar-refractivity contribution in [2.45, 2.75) is 425 Å². The normalized spacial score (nSPS) is 13.9. The summed E-state index contributed by atoms with van der Waals surface area (Å²) in [5.74, 6) is -1.31. The van der Waals surface area contributed by atoms with Crippen LogP contribution in [-0.4, -0.2) is 96.7 Å². The molecule has 0 saturated carbocycles. The molecule has 0 aliphatic rings. The summed E-state index contributed by atoms with van der Waals surface area (Å²) in [6, 6.07) is 0. The fraction of sp³-hybridized carbons (Fsp3) is 0.948. The van der Waals surface area contributed by atoms with Crippen molar-refractivity contribution < 1.29 is 80.2 Å². The van der Waals surface area contributed by atoms with Gasteiger partial charge in [-0.05, 0) is 31.6 Å². The summed E-state index contributed by atoms with van der Waals surface area (Å²) < 4.78 is 68.5. The minimum absolute atomic E-state index is 0.107. The Morgan fingerprint density at radius 1 is 0.281 bits per heavy atom. The van der Waals surface area contributed by atoms with E-state index in [1.165, 1.54) is 231 Å². The van der Waals surface area contributed by atoms with Crippen LogP contribution >= 0.6 is 15.6 Å². The minimum atomic E-state index is -4.96. The van der Waals surface area contributed by atoms with Gasteiger partial charge in [0.1, 0.15) is 19.3 Å². The zero-order valence-corrected chi connectivity index (χ0v) is 64.3. The molecular weight excluding hydrogens is 1260 g/mol. The molecule has 570 valence electrons. The van der Waals surface area contributed by atoms with Gasteiger partial charge in [0.25, 0.3) is 0 Å². The third kappa shape index (κ3) is 70.5. The first-order chi connectivity index (χ1) is 46.5. The first kappa shape index (κ1) is 94.1. The Morgan fingerprint density at radius 3 is 0.708 bits per heavy atom. The molecule has 17 nitrogen and oxygen atoms in total. The van der Waals surface area contributed by atoms with Gasteiger partial charge < -0.3 is 33.8 Å². The van der Waals surface area contributed by atoms with Crippen LogP contribution in [-0.2, 0) is 65.4 Å². The van der Waals surface area contributed by atoms with Crippen LogP contribution in [0.3, 0.4) is 0 Å². The lowest BCUT2D eigenvalue weighted by Gasteiger charge is -2.21. The summed E-state index contributed by atoms with van der Waals surface area (Å²) in [6.45, 7) is 7.32. The number of hydrogen-bond donors (Lipinski definition) is 3. The molecule has 19 heteroatoms. The molecule has 0 spiro atoms. The van der Waals surface area contributed by atoms with Crippen molar-refractivity contribution in [1.82, 2.24) is 0 Å². The van der Waals surface area contributed by atoms with Crippen molar-refractivity contribution >= 4 is 39.5 Å². The van der Waals surface area contributed by atoms with Crippen molar-refractivity contribution in [1.29, 1.82) is 0 Å². The largest absolute Gasteiger partial charge is 0.472 e. The van der Waals surface area contributed by atoms with E-state index in [2.05, 4.69) is 34.6 Å². The lowest BCUT2D eigenvalue weighted by Crippen LogP contribution is -2.30. The highest BCUT2D eigenvalue weighted by Gasteiger charge is 2.30. The number of unbranched alkanes of at least 4 members (excludes halogenated alkanes) is 49. The van der Waals surface area contributed by atoms with E-state index in [-0.39, 0.29) is 25.7 Å². The molecule has 0 radical (unpaired) electrons. The number of esters is 4. The van der Waals surface area contributed by atoms with Crippen LogP contribution < -0.4 is 0 Å². The maximum Gasteiger partial charge on any atom is 0.472 e. The smallest absolute Gasteiger partial charge is 0.462 e. The van der Waals surface area contributed by atoms with Crippen molar-refractivity contribution in [3.05, 3.63) is 0 Å². The highest BCUT2D eigenvalue weighted by molar-refractivity contribution is 7.47. The number of phosphoric ester groups is 2. The highest BCUT2D eigenvalue weighted by Crippen LogP contribution is 2.45. The summed E-state index contributed by atoms with van der Waals surface area (Å²) in [4.78, 5) is 72.8. The van der Waals surface area contributed by atoms with Gasteiger partial charge in [-0.25, -0.2) is 9.13 Å². The third-order valence-corrected chi connectivity index (χ3v) is 19.9. The molecule has 0 amide bonds. The Kier molecular flexibility index (Phi) is 68.7. The molecule has 0 saturated heterocycles. The predicted molar refractivity (Wildman–Crippen MR) is 391 cm³/mol. The monoisotopic (exact) mass is 1410 g/mol. The number of hydrogen-bond acceptors (Lipinski definition) is 15. The maximum absolute atomic E-state index is 13.1. The van der Waals surface area contributed by atoms with E-state index >= 15 is 0 Å². The van der Waals surface area contributed by atoms with Crippen LogP contribution in [0.2, 0.25) is 0 Å². The lowest BCUT2D eigenvalue weighted by molar-refractivity contribution is -0.161. The molecule has 0 aromatic heterocycles. The first-order valence-corrected chi connectivity index (χ1v) is 43.1. The van der Waals surface area contributed by atoms with E-state index in [0.29, 0.717) is 25.7 Å². The van der Waals surface area contributed by atoms with Gasteiger partial charge in [-0.3, -0.25) is 37.3 Å². The van der Waals surface area contributed by atoms with Crippen molar-refractivity contribution in [3.63, 3.8) is 0 Å². The summed E-state index contributed by atoms with van der Waals surface area (Å²) in [6.07, 6.45) is 59.6. The average Bonchev–Trinajstić information content (AvgIpc) is 1.33. The molecule has 0 fully saturated rings. The lowest BCUT2D eigenvalue weighted by atomic mass is 10.0. The van der Waals surface area contributed by atoms with Crippen molar-refractivity contribution in [2.24, 2.45) is 5.92 Å². The highest BCUT2D eigenvalue weighted by atomic mass is 31.2. The van der Waals surface area contributed by atoms with Gasteiger partial charge in [-0.1, -0.05) is 356 Å². The van der Waals surface area contributed by atoms with E-state index in [1.54, 1.807) is 0 Å². The zero-order valence-electron chi connectivity index (χ0n) is 62.5. The number of phosphoric acid groups is 2. The summed E-state index contributed by atoms with van der Waals surface area (Å²) >= 11 is 0. The molecule has 0 bridgehead atoms. The molecule has 0 aromatic carbocycles. The van der Waals surface area contributed by atoms with Gasteiger partial charge in [0.2, 0.25) is 0 Å². The number of carbonyl (C=O) groups excluding carboxylic acids is 4. The van der Waals surface area contributed by atoms with Crippen LogP contribution in [0.25, 0.3) is 0 Å². The molecule has 5 atom stereocenters. The SMILES string of the molecule is CCCCCCCCCCCCCCCCCCCC(=O)OC[C@H](COP(=O)(O)OC[C@@H](O)COP(=O)(O)OC[C@@H](COC(=O)CCCCCCCCCCCC)OC(=O)CCCCCCCCCCCCC)OC(=O)CCCCCCCCCCCCCCCCCC(C)C. The van der Waals surface area contributed by atoms with E-state index in [0.717, 1.165) is 95.8 Å². The minimum Gasteiger partial charge on any atom is -0.462 e. The molecule has 3 N–H and O–H groups in total. The Morgan fingerprint density at radius 2 is 0.479 bits per heavy atom. The Bertz CT molecular complexity index is 1840. The predicted octanol–water partition coefficient (Wildman–Crippen LogP) is 22.9. The van der Waals surface area contributed by atoms with Crippen LogP contribution in [0.1, 0.15) is 407 Å². The summed E-state index contributed by atoms with van der Waals surface area (Å²) in [5.41, 5.74) is 0. The van der Waals surface area contributed by atoms with Gasteiger partial charge in [0.15, 0.2) is 12.2 Å². The summed E-state index contributed by atoms with van der Waals surface area (Å²) in [5, 5.41) is 10.6. The standard InChI is InChI=1S/C77H150O17P2/c1-6-9-12-15-18-21-24-25-26-27-30-33-37-41-46-51-56-61-75(80)88-67-73(94-77(82)63-58-53-48-43-38-34-31-28-29-32-36-39-44-49-54-59-70(4)5)69-92-96(85,86)90-65-71(78)64-89-95(83,84)91-68-72(66-87-74(79)60-55-50-45-40-23-20-17-14-11-8-3)93-76(81)62-57-52-47-42-35-22-19-16-13-10-7-2/h70-73,78H,6-69H2,1-5H3,(H,83,84)(H,85,86)/t71-,72+,73+/m0/s1. The third-order valence-electron chi connectivity index (χ3n) is 18.0. The number of ether oxygens (including phenoxy) is 4. The average molecular weight is 1410 g/mol. The van der Waals surface area contributed by atoms with Gasteiger partial charge in [0, 0.05) is 25.7 Å². The molecule has 0 heterocycles. The zero-order chi connectivity index (χ0) is 70.5. The molecule has 0 aliphatic carbocycles. The van der Waals surface area contributed by atoms with Gasteiger partial charge in [0.05, 0.1) is 26.4 Å². The van der Waals surface area contributed by atoms with Crippen LogP contribution in [0, 0.1) is 5.92 Å². The Balaban J connectivity index is 5.22. The van der Waals surface area contributed by atoms with E-state index in [9.17, 15) is 43.2 Å². The topological polar surface area (TPSA) is 237 Å². The van der Waals surface area contributed by atoms with Crippen LogP contribution in [0.4, 0.5) is 0 Å². The van der Waals surface area contributed by atoms with Gasteiger partial charge in [-0.15, -0.1) is 0 Å².